The van der Waals surface area contributed by atoms with Gasteiger partial charge in [0.25, 0.3) is 0 Å². The van der Waals surface area contributed by atoms with E-state index in [4.69, 9.17) is 9.72 Å². The Morgan fingerprint density at radius 2 is 1.48 bits per heavy atom. The van der Waals surface area contributed by atoms with E-state index in [0.717, 1.165) is 33.3 Å². The first-order valence-electron chi connectivity index (χ1n) is 8.89. The van der Waals surface area contributed by atoms with Crippen molar-refractivity contribution < 1.29 is 9.53 Å². The molecule has 1 heterocycles. The maximum atomic E-state index is 11.9. The fraction of sp³-hybridized carbons (Fsp3) is 0.0833. The number of nitrogens with zero attached hydrogens (tertiary/aromatic N) is 1. The van der Waals surface area contributed by atoms with E-state index in [9.17, 15) is 4.79 Å². The molecular formula is C24H19NO2. The fourth-order valence-electron chi connectivity index (χ4n) is 3.28. The third-order valence-corrected chi connectivity index (χ3v) is 4.49. The van der Waals surface area contributed by atoms with Crippen molar-refractivity contribution in [2.24, 2.45) is 0 Å². The molecule has 0 aliphatic heterocycles. The van der Waals surface area contributed by atoms with Gasteiger partial charge in [-0.2, -0.15) is 0 Å². The van der Waals surface area contributed by atoms with Crippen LogP contribution in [0.2, 0.25) is 0 Å². The van der Waals surface area contributed by atoms with Gasteiger partial charge < -0.3 is 4.74 Å². The molecule has 0 spiro atoms. The van der Waals surface area contributed by atoms with E-state index in [-0.39, 0.29) is 5.97 Å². The Morgan fingerprint density at radius 1 is 0.852 bits per heavy atom. The Labute approximate surface area is 158 Å². The Bertz CT molecular complexity index is 1080. The molecule has 4 rings (SSSR count). The van der Waals surface area contributed by atoms with E-state index in [1.54, 1.807) is 0 Å². The Hall–Kier alpha value is -3.46. The maximum absolute atomic E-state index is 11.9. The van der Waals surface area contributed by atoms with Crippen molar-refractivity contribution in [2.75, 3.05) is 0 Å². The van der Waals surface area contributed by atoms with Crippen LogP contribution in [-0.2, 0) is 9.53 Å². The summed E-state index contributed by atoms with van der Waals surface area (Å²) < 4.78 is 5.75. The summed E-state index contributed by atoms with van der Waals surface area (Å²) in [4.78, 5) is 16.7. The molecule has 0 aliphatic carbocycles. The van der Waals surface area contributed by atoms with E-state index in [1.165, 1.54) is 6.92 Å². The molecule has 0 amide bonds. The van der Waals surface area contributed by atoms with E-state index in [1.807, 2.05) is 91.0 Å². The predicted molar refractivity (Wildman–Crippen MR) is 107 cm³/mol. The summed E-state index contributed by atoms with van der Waals surface area (Å²) in [7, 11) is 0. The van der Waals surface area contributed by atoms with Crippen LogP contribution in [0, 0.1) is 0 Å². The van der Waals surface area contributed by atoms with Crippen LogP contribution in [0.25, 0.3) is 22.2 Å². The molecule has 1 unspecified atom stereocenters. The lowest BCUT2D eigenvalue weighted by atomic mass is 9.95. The monoisotopic (exact) mass is 353 g/mol. The third-order valence-electron chi connectivity index (χ3n) is 4.49. The van der Waals surface area contributed by atoms with Gasteiger partial charge in [0.2, 0.25) is 0 Å². The minimum absolute atomic E-state index is 0.314. The largest absolute Gasteiger partial charge is 0.453 e. The van der Waals surface area contributed by atoms with E-state index >= 15 is 0 Å². The summed E-state index contributed by atoms with van der Waals surface area (Å²) in [6, 6.07) is 29.8. The van der Waals surface area contributed by atoms with Gasteiger partial charge in [0, 0.05) is 23.4 Å². The smallest absolute Gasteiger partial charge is 0.303 e. The zero-order valence-corrected chi connectivity index (χ0v) is 15.0. The Balaban J connectivity index is 1.96. The molecule has 1 aromatic heterocycles. The van der Waals surface area contributed by atoms with Crippen LogP contribution in [-0.4, -0.2) is 11.0 Å². The number of fused-ring (bicyclic) bond motifs is 1. The number of ether oxygens (including phenoxy) is 1. The number of carbonyl (C=O) groups is 1. The highest BCUT2D eigenvalue weighted by atomic mass is 16.5. The quantitative estimate of drug-likeness (QED) is 0.451. The van der Waals surface area contributed by atoms with E-state index in [0.29, 0.717) is 0 Å². The number of esters is 1. The van der Waals surface area contributed by atoms with Crippen LogP contribution in [0.3, 0.4) is 0 Å². The zero-order valence-electron chi connectivity index (χ0n) is 15.0. The molecule has 1 atom stereocenters. The SMILES string of the molecule is CC(=O)OC(c1ccccc1)c1cc(-c2ccccc2)nc2ccccc12. The number of pyridine rings is 1. The molecule has 4 aromatic rings. The van der Waals surface area contributed by atoms with E-state index in [2.05, 4.69) is 0 Å². The second kappa shape index (κ2) is 7.42. The number of aromatic nitrogens is 1. The molecule has 0 N–H and O–H groups in total. The van der Waals surface area contributed by atoms with Crippen molar-refractivity contribution in [3.63, 3.8) is 0 Å². The molecule has 3 aromatic carbocycles. The second-order valence-electron chi connectivity index (χ2n) is 6.38. The highest BCUT2D eigenvalue weighted by Gasteiger charge is 2.21. The summed E-state index contributed by atoms with van der Waals surface area (Å²) in [5.41, 5.74) is 4.63. The maximum Gasteiger partial charge on any atom is 0.303 e. The van der Waals surface area contributed by atoms with Crippen LogP contribution >= 0.6 is 0 Å². The summed E-state index contributed by atoms with van der Waals surface area (Å²) in [5, 5.41) is 0.979. The molecule has 0 saturated heterocycles. The van der Waals surface area contributed by atoms with Crippen molar-refractivity contribution in [3.05, 3.63) is 102 Å². The normalized spacial score (nSPS) is 11.9. The average Bonchev–Trinajstić information content (AvgIpc) is 2.72. The molecule has 0 fully saturated rings. The molecule has 0 radical (unpaired) electrons. The first-order valence-corrected chi connectivity index (χ1v) is 8.89. The molecule has 3 heteroatoms. The van der Waals surface area contributed by atoms with Crippen molar-refractivity contribution >= 4 is 16.9 Å². The minimum Gasteiger partial charge on any atom is -0.453 e. The first kappa shape index (κ1) is 17.0. The number of para-hydroxylation sites is 1. The van der Waals surface area contributed by atoms with Crippen molar-refractivity contribution in [2.45, 2.75) is 13.0 Å². The topological polar surface area (TPSA) is 39.2 Å². The fourth-order valence-corrected chi connectivity index (χ4v) is 3.28. The molecule has 27 heavy (non-hydrogen) atoms. The number of rotatable bonds is 4. The van der Waals surface area contributed by atoms with Crippen molar-refractivity contribution in [1.82, 2.24) is 4.98 Å². The molecule has 3 nitrogen and oxygen atoms in total. The van der Waals surface area contributed by atoms with Gasteiger partial charge in [-0.15, -0.1) is 0 Å². The van der Waals surface area contributed by atoms with Crippen molar-refractivity contribution in [3.8, 4) is 11.3 Å². The minimum atomic E-state index is -0.487. The lowest BCUT2D eigenvalue weighted by Gasteiger charge is -2.20. The standard InChI is InChI=1S/C24H19NO2/c1-17(26)27-24(19-12-6-3-7-13-19)21-16-23(18-10-4-2-5-11-18)25-22-15-9-8-14-20(21)22/h2-16,24H,1H3. The van der Waals surface area contributed by atoms with Gasteiger partial charge in [-0.3, -0.25) is 4.79 Å². The van der Waals surface area contributed by atoms with Gasteiger partial charge in [0.05, 0.1) is 11.2 Å². The van der Waals surface area contributed by atoms with Gasteiger partial charge >= 0.3 is 5.97 Å². The zero-order chi connectivity index (χ0) is 18.6. The summed E-state index contributed by atoms with van der Waals surface area (Å²) >= 11 is 0. The van der Waals surface area contributed by atoms with Crippen molar-refractivity contribution in [1.29, 1.82) is 0 Å². The number of benzene rings is 3. The average molecular weight is 353 g/mol. The number of hydrogen-bond donors (Lipinski definition) is 0. The Morgan fingerprint density at radius 3 is 2.19 bits per heavy atom. The Kier molecular flexibility index (Phi) is 4.67. The third kappa shape index (κ3) is 3.58. The second-order valence-corrected chi connectivity index (χ2v) is 6.38. The lowest BCUT2D eigenvalue weighted by Crippen LogP contribution is -2.11. The van der Waals surface area contributed by atoms with Gasteiger partial charge in [0.1, 0.15) is 0 Å². The van der Waals surface area contributed by atoms with Gasteiger partial charge in [-0.1, -0.05) is 78.9 Å². The highest BCUT2D eigenvalue weighted by Crippen LogP contribution is 2.34. The molecular weight excluding hydrogens is 334 g/mol. The highest BCUT2D eigenvalue weighted by molar-refractivity contribution is 5.86. The molecule has 0 saturated carbocycles. The summed E-state index contributed by atoms with van der Waals surface area (Å²) in [6.07, 6.45) is -0.487. The van der Waals surface area contributed by atoms with Crippen LogP contribution in [0.15, 0.2) is 91.0 Å². The lowest BCUT2D eigenvalue weighted by molar-refractivity contribution is -0.144. The number of carbonyl (C=O) groups excluding carboxylic acids is 1. The van der Waals surface area contributed by atoms with Crippen LogP contribution in [0.5, 0.6) is 0 Å². The van der Waals surface area contributed by atoms with Gasteiger partial charge in [-0.25, -0.2) is 4.98 Å². The van der Waals surface area contributed by atoms with Crippen LogP contribution in [0.4, 0.5) is 0 Å². The first-order chi connectivity index (χ1) is 13.2. The summed E-state index contributed by atoms with van der Waals surface area (Å²) in [6.45, 7) is 1.44. The van der Waals surface area contributed by atoms with E-state index < -0.39 is 6.10 Å². The van der Waals surface area contributed by atoms with Gasteiger partial charge in [0.15, 0.2) is 6.10 Å². The van der Waals surface area contributed by atoms with Gasteiger partial charge in [-0.05, 0) is 17.7 Å². The molecule has 132 valence electrons. The molecule has 0 aliphatic rings. The predicted octanol–water partition coefficient (Wildman–Crippen LogP) is 5.55. The van der Waals surface area contributed by atoms with Crippen LogP contribution in [0.1, 0.15) is 24.2 Å². The molecule has 0 bridgehead atoms. The summed E-state index contributed by atoms with van der Waals surface area (Å²) in [5.74, 6) is -0.314. The van der Waals surface area contributed by atoms with Crippen LogP contribution < -0.4 is 0 Å². The number of hydrogen-bond acceptors (Lipinski definition) is 3.